The summed E-state index contributed by atoms with van der Waals surface area (Å²) >= 11 is 3.25. The van der Waals surface area contributed by atoms with E-state index in [0.717, 1.165) is 0 Å². The smallest absolute Gasteiger partial charge is 0.243 e. The minimum Gasteiger partial charge on any atom is -0.398 e. The Morgan fingerprint density at radius 1 is 1.53 bits per heavy atom. The summed E-state index contributed by atoms with van der Waals surface area (Å²) in [6, 6.07) is 4.77. The van der Waals surface area contributed by atoms with Crippen molar-refractivity contribution in [1.29, 1.82) is 0 Å². The topological polar surface area (TPSA) is 81.4 Å². The number of halogens is 1. The van der Waals surface area contributed by atoms with Crippen LogP contribution in [0.2, 0.25) is 0 Å². The first-order chi connectivity index (χ1) is 8.74. The van der Waals surface area contributed by atoms with Crippen molar-refractivity contribution in [2.24, 2.45) is 0 Å². The molecule has 3 N–H and O–H groups in total. The summed E-state index contributed by atoms with van der Waals surface area (Å²) in [4.78, 5) is 0.0854. The van der Waals surface area contributed by atoms with Crippen LogP contribution in [0.1, 0.15) is 20.3 Å². The molecule has 1 aliphatic rings. The van der Waals surface area contributed by atoms with Crippen LogP contribution in [0.15, 0.2) is 27.6 Å². The van der Waals surface area contributed by atoms with E-state index in [0.29, 0.717) is 17.5 Å². The van der Waals surface area contributed by atoms with Gasteiger partial charge in [0.15, 0.2) is 0 Å². The largest absolute Gasteiger partial charge is 0.398 e. The molecule has 106 valence electrons. The van der Waals surface area contributed by atoms with Gasteiger partial charge < -0.3 is 10.5 Å². The third-order valence-electron chi connectivity index (χ3n) is 3.52. The molecule has 1 aromatic rings. The van der Waals surface area contributed by atoms with E-state index < -0.39 is 15.6 Å². The van der Waals surface area contributed by atoms with Crippen LogP contribution in [0.25, 0.3) is 0 Å². The van der Waals surface area contributed by atoms with E-state index in [-0.39, 0.29) is 16.7 Å². The summed E-state index contributed by atoms with van der Waals surface area (Å²) < 4.78 is 33.7. The molecular weight excluding hydrogens is 332 g/mol. The molecule has 2 unspecified atom stereocenters. The van der Waals surface area contributed by atoms with E-state index in [9.17, 15) is 8.42 Å². The molecule has 5 nitrogen and oxygen atoms in total. The average molecular weight is 349 g/mol. The number of hydrogen-bond donors (Lipinski definition) is 2. The van der Waals surface area contributed by atoms with E-state index in [1.165, 1.54) is 6.07 Å². The van der Waals surface area contributed by atoms with Crippen molar-refractivity contribution in [2.75, 3.05) is 12.3 Å². The van der Waals surface area contributed by atoms with Gasteiger partial charge in [0.2, 0.25) is 10.0 Å². The van der Waals surface area contributed by atoms with Crippen LogP contribution in [-0.4, -0.2) is 26.7 Å². The van der Waals surface area contributed by atoms with Crippen molar-refractivity contribution in [3.63, 3.8) is 0 Å². The van der Waals surface area contributed by atoms with E-state index >= 15 is 0 Å². The van der Waals surface area contributed by atoms with Gasteiger partial charge in [-0.15, -0.1) is 0 Å². The van der Waals surface area contributed by atoms with E-state index in [2.05, 4.69) is 20.7 Å². The van der Waals surface area contributed by atoms with Crippen LogP contribution < -0.4 is 10.5 Å². The van der Waals surface area contributed by atoms with Gasteiger partial charge in [-0.25, -0.2) is 13.1 Å². The molecule has 0 radical (unpaired) electrons. The number of hydrogen-bond acceptors (Lipinski definition) is 4. The number of ether oxygens (including phenoxy) is 1. The van der Waals surface area contributed by atoms with E-state index in [1.807, 2.05) is 13.8 Å². The molecule has 2 rings (SSSR count). The zero-order chi connectivity index (χ0) is 14.3. The van der Waals surface area contributed by atoms with Crippen molar-refractivity contribution >= 4 is 31.6 Å². The Bertz CT molecular complexity index is 591. The standard InChI is InChI=1S/C12H17BrN2O3S/c1-8-12(2,5-6-18-8)15-19(16,17)11-7-9(13)3-4-10(11)14/h3-4,7-8,15H,5-6,14H2,1-2H3. The molecule has 1 saturated heterocycles. The molecule has 7 heteroatoms. The predicted molar refractivity (Wildman–Crippen MR) is 77.3 cm³/mol. The summed E-state index contributed by atoms with van der Waals surface area (Å²) in [6.07, 6.45) is 0.469. The Balaban J connectivity index is 2.35. The number of benzene rings is 1. The molecule has 2 atom stereocenters. The Morgan fingerprint density at radius 3 is 2.79 bits per heavy atom. The molecule has 0 aromatic heterocycles. The molecule has 1 aliphatic heterocycles. The second kappa shape index (κ2) is 5.05. The molecule has 1 heterocycles. The number of nitrogens with two attached hydrogens (primary N) is 1. The molecule has 1 aromatic carbocycles. The van der Waals surface area contributed by atoms with Crippen molar-refractivity contribution in [3.8, 4) is 0 Å². The first-order valence-electron chi connectivity index (χ1n) is 5.95. The summed E-state index contributed by atoms with van der Waals surface area (Å²) in [5, 5.41) is 0. The van der Waals surface area contributed by atoms with Crippen LogP contribution in [0.4, 0.5) is 5.69 Å². The molecule has 0 aliphatic carbocycles. The summed E-state index contributed by atoms with van der Waals surface area (Å²) in [5.74, 6) is 0. The van der Waals surface area contributed by atoms with Crippen LogP contribution in [0.5, 0.6) is 0 Å². The molecular formula is C12H17BrN2O3S. The zero-order valence-electron chi connectivity index (χ0n) is 10.8. The Kier molecular flexibility index (Phi) is 3.92. The number of anilines is 1. The summed E-state index contributed by atoms with van der Waals surface area (Å²) in [7, 11) is -3.67. The minimum atomic E-state index is -3.67. The summed E-state index contributed by atoms with van der Waals surface area (Å²) in [6.45, 7) is 4.25. The maximum atomic E-state index is 12.4. The van der Waals surface area contributed by atoms with Gasteiger partial charge in [0, 0.05) is 11.1 Å². The first-order valence-corrected chi connectivity index (χ1v) is 8.23. The second-order valence-corrected chi connectivity index (χ2v) is 7.53. The summed E-state index contributed by atoms with van der Waals surface area (Å²) in [5.41, 5.74) is 5.38. The number of sulfonamides is 1. The lowest BCUT2D eigenvalue weighted by Gasteiger charge is -2.28. The predicted octanol–water partition coefficient (Wildman–Crippen LogP) is 1.88. The average Bonchev–Trinajstić information content (AvgIpc) is 2.61. The van der Waals surface area contributed by atoms with Crippen molar-refractivity contribution in [2.45, 2.75) is 36.8 Å². The van der Waals surface area contributed by atoms with Crippen LogP contribution in [-0.2, 0) is 14.8 Å². The molecule has 1 fully saturated rings. The third kappa shape index (κ3) is 2.94. The highest BCUT2D eigenvalue weighted by molar-refractivity contribution is 9.10. The van der Waals surface area contributed by atoms with Crippen LogP contribution in [0.3, 0.4) is 0 Å². The SMILES string of the molecule is CC1OCCC1(C)NS(=O)(=O)c1cc(Br)ccc1N. The zero-order valence-corrected chi connectivity index (χ0v) is 13.2. The van der Waals surface area contributed by atoms with Gasteiger partial charge >= 0.3 is 0 Å². The van der Waals surface area contributed by atoms with Gasteiger partial charge in [0.1, 0.15) is 4.90 Å². The first kappa shape index (κ1) is 14.8. The lowest BCUT2D eigenvalue weighted by atomic mass is 9.97. The van der Waals surface area contributed by atoms with Crippen LogP contribution >= 0.6 is 15.9 Å². The molecule has 0 amide bonds. The molecule has 19 heavy (non-hydrogen) atoms. The van der Waals surface area contributed by atoms with Gasteiger partial charge in [-0.05, 0) is 38.5 Å². The van der Waals surface area contributed by atoms with Gasteiger partial charge in [0.25, 0.3) is 0 Å². The monoisotopic (exact) mass is 348 g/mol. The molecule has 0 spiro atoms. The maximum Gasteiger partial charge on any atom is 0.243 e. The van der Waals surface area contributed by atoms with Crippen LogP contribution in [0, 0.1) is 0 Å². The van der Waals surface area contributed by atoms with E-state index in [1.54, 1.807) is 12.1 Å². The van der Waals surface area contributed by atoms with Gasteiger partial charge in [0.05, 0.1) is 17.3 Å². The highest BCUT2D eigenvalue weighted by atomic mass is 79.9. The Morgan fingerprint density at radius 2 is 2.21 bits per heavy atom. The van der Waals surface area contributed by atoms with Gasteiger partial charge in [-0.1, -0.05) is 15.9 Å². The third-order valence-corrected chi connectivity index (χ3v) is 5.68. The quantitative estimate of drug-likeness (QED) is 0.817. The van der Waals surface area contributed by atoms with Crippen molar-refractivity contribution in [3.05, 3.63) is 22.7 Å². The Labute approximate surface area is 121 Å². The fourth-order valence-electron chi connectivity index (χ4n) is 2.07. The normalized spacial score (nSPS) is 27.6. The van der Waals surface area contributed by atoms with E-state index in [4.69, 9.17) is 10.5 Å². The highest BCUT2D eigenvalue weighted by Gasteiger charge is 2.41. The lowest BCUT2D eigenvalue weighted by molar-refractivity contribution is 0.0957. The fourth-order valence-corrected chi connectivity index (χ4v) is 4.24. The number of nitrogen functional groups attached to an aromatic ring is 1. The highest BCUT2D eigenvalue weighted by Crippen LogP contribution is 2.29. The number of nitrogens with one attached hydrogen (secondary N) is 1. The van der Waals surface area contributed by atoms with Crippen molar-refractivity contribution < 1.29 is 13.2 Å². The number of rotatable bonds is 3. The molecule has 0 bridgehead atoms. The Hall–Kier alpha value is -0.630. The maximum absolute atomic E-state index is 12.4. The van der Waals surface area contributed by atoms with Gasteiger partial charge in [-0.2, -0.15) is 0 Å². The second-order valence-electron chi connectivity index (χ2n) is 4.97. The fraction of sp³-hybridized carbons (Fsp3) is 0.500. The molecule has 0 saturated carbocycles. The lowest BCUT2D eigenvalue weighted by Crippen LogP contribution is -2.50. The van der Waals surface area contributed by atoms with Crippen molar-refractivity contribution in [1.82, 2.24) is 4.72 Å². The van der Waals surface area contributed by atoms with Gasteiger partial charge in [-0.3, -0.25) is 0 Å². The minimum absolute atomic E-state index is 0.0854.